The van der Waals surface area contributed by atoms with E-state index in [2.05, 4.69) is 10.1 Å². The summed E-state index contributed by atoms with van der Waals surface area (Å²) in [6, 6.07) is 7.03. The van der Waals surface area contributed by atoms with Gasteiger partial charge in [0.15, 0.2) is 17.3 Å². The second kappa shape index (κ2) is 5.09. The van der Waals surface area contributed by atoms with Gasteiger partial charge in [-0.1, -0.05) is 6.07 Å². The molecule has 0 aliphatic carbocycles. The summed E-state index contributed by atoms with van der Waals surface area (Å²) in [6.07, 6.45) is 1.60. The summed E-state index contributed by atoms with van der Waals surface area (Å²) < 4.78 is 27.9. The Balaban J connectivity index is 1.86. The van der Waals surface area contributed by atoms with Gasteiger partial charge in [-0.3, -0.25) is 9.89 Å². The smallest absolute Gasteiger partial charge is 0.272 e. The molecule has 102 valence electrons. The van der Waals surface area contributed by atoms with Crippen LogP contribution < -0.4 is 5.56 Å². The molecule has 0 unspecified atom stereocenters. The average molecular weight is 293 g/mol. The fourth-order valence-corrected chi connectivity index (χ4v) is 2.65. The first-order valence-electron chi connectivity index (χ1n) is 5.78. The van der Waals surface area contributed by atoms with Crippen LogP contribution in [-0.2, 0) is 5.75 Å². The maximum Gasteiger partial charge on any atom is 0.272 e. The summed E-state index contributed by atoms with van der Waals surface area (Å²) in [5.41, 5.74) is 0.770. The number of H-pyrrole nitrogens is 1. The minimum atomic E-state index is -0.885. The van der Waals surface area contributed by atoms with Crippen molar-refractivity contribution >= 4 is 17.4 Å². The molecular weight excluding hydrogens is 284 g/mol. The van der Waals surface area contributed by atoms with Gasteiger partial charge in [0, 0.05) is 29.0 Å². The minimum absolute atomic E-state index is 0.195. The number of hydrogen-bond acceptors (Lipinski definition) is 3. The van der Waals surface area contributed by atoms with Crippen molar-refractivity contribution in [2.24, 2.45) is 0 Å². The number of fused-ring (bicyclic) bond motifs is 1. The summed E-state index contributed by atoms with van der Waals surface area (Å²) in [4.78, 5) is 16.2. The summed E-state index contributed by atoms with van der Waals surface area (Å²) >= 11 is 1.10. The Morgan fingerprint density at radius 3 is 3.00 bits per heavy atom. The fourth-order valence-electron chi connectivity index (χ4n) is 1.80. The molecule has 2 heterocycles. The minimum Gasteiger partial charge on any atom is -0.297 e. The zero-order valence-electron chi connectivity index (χ0n) is 10.1. The van der Waals surface area contributed by atoms with E-state index in [1.54, 1.807) is 12.3 Å². The highest BCUT2D eigenvalue weighted by Gasteiger charge is 2.09. The number of aromatic amines is 1. The van der Waals surface area contributed by atoms with E-state index >= 15 is 0 Å². The number of nitrogens with one attached hydrogen (secondary N) is 1. The van der Waals surface area contributed by atoms with Gasteiger partial charge in [0.05, 0.1) is 5.69 Å². The Hall–Kier alpha value is -2.15. The van der Waals surface area contributed by atoms with E-state index in [1.165, 1.54) is 22.7 Å². The molecule has 0 atom stereocenters. The maximum absolute atomic E-state index is 13.5. The van der Waals surface area contributed by atoms with Crippen molar-refractivity contribution in [1.82, 2.24) is 14.6 Å². The van der Waals surface area contributed by atoms with Crippen molar-refractivity contribution in [2.45, 2.75) is 10.6 Å². The molecule has 4 nitrogen and oxygen atoms in total. The third-order valence-corrected chi connectivity index (χ3v) is 3.79. The molecule has 7 heteroatoms. The summed E-state index contributed by atoms with van der Waals surface area (Å²) in [7, 11) is 0. The summed E-state index contributed by atoms with van der Waals surface area (Å²) in [5, 5.41) is 2.73. The lowest BCUT2D eigenvalue weighted by atomic mass is 10.3. The average Bonchev–Trinajstić information content (AvgIpc) is 2.89. The maximum atomic E-state index is 13.5. The van der Waals surface area contributed by atoms with E-state index in [1.807, 2.05) is 0 Å². The van der Waals surface area contributed by atoms with Gasteiger partial charge in [0.2, 0.25) is 0 Å². The lowest BCUT2D eigenvalue weighted by Crippen LogP contribution is -2.14. The van der Waals surface area contributed by atoms with Crippen LogP contribution in [0.25, 0.3) is 5.65 Å². The molecule has 0 bridgehead atoms. The van der Waals surface area contributed by atoms with E-state index in [0.29, 0.717) is 11.3 Å². The number of aromatic nitrogens is 3. The number of benzene rings is 1. The molecule has 1 aromatic carbocycles. The molecule has 0 aliphatic rings. The molecule has 0 aliphatic heterocycles. The van der Waals surface area contributed by atoms with Gasteiger partial charge >= 0.3 is 0 Å². The molecule has 0 spiro atoms. The van der Waals surface area contributed by atoms with Crippen LogP contribution in [0.15, 0.2) is 46.2 Å². The quantitative estimate of drug-likeness (QED) is 0.755. The SMILES string of the molecule is O=c1cc(CSc2cccc(F)c2F)nc2cc[nH]n12. The third-order valence-electron chi connectivity index (χ3n) is 2.73. The topological polar surface area (TPSA) is 50.2 Å². The highest BCUT2D eigenvalue weighted by molar-refractivity contribution is 7.98. The number of thioether (sulfide) groups is 1. The molecule has 3 rings (SSSR count). The van der Waals surface area contributed by atoms with Crippen LogP contribution in [0.2, 0.25) is 0 Å². The van der Waals surface area contributed by atoms with E-state index in [9.17, 15) is 13.6 Å². The molecule has 3 aromatic rings. The number of hydrogen-bond donors (Lipinski definition) is 1. The van der Waals surface area contributed by atoms with E-state index in [-0.39, 0.29) is 16.2 Å². The molecule has 1 N–H and O–H groups in total. The van der Waals surface area contributed by atoms with E-state index in [0.717, 1.165) is 17.8 Å². The van der Waals surface area contributed by atoms with E-state index < -0.39 is 11.6 Å². The second-order valence-corrected chi connectivity index (χ2v) is 5.10. The van der Waals surface area contributed by atoms with Crippen molar-refractivity contribution in [2.75, 3.05) is 0 Å². The molecule has 0 saturated heterocycles. The Kier molecular flexibility index (Phi) is 3.27. The van der Waals surface area contributed by atoms with Gasteiger partial charge < -0.3 is 0 Å². The molecule has 2 aromatic heterocycles. The number of rotatable bonds is 3. The Morgan fingerprint density at radius 2 is 2.15 bits per heavy atom. The zero-order valence-corrected chi connectivity index (χ0v) is 11.0. The summed E-state index contributed by atoms with van der Waals surface area (Å²) in [5.74, 6) is -1.47. The fraction of sp³-hybridized carbons (Fsp3) is 0.0769. The largest absolute Gasteiger partial charge is 0.297 e. The van der Waals surface area contributed by atoms with Crippen LogP contribution in [0.4, 0.5) is 8.78 Å². The lowest BCUT2D eigenvalue weighted by Gasteiger charge is -2.03. The predicted molar refractivity (Wildman–Crippen MR) is 71.7 cm³/mol. The van der Waals surface area contributed by atoms with Gasteiger partial charge in [0.25, 0.3) is 5.56 Å². The van der Waals surface area contributed by atoms with Crippen LogP contribution in [-0.4, -0.2) is 14.6 Å². The van der Waals surface area contributed by atoms with Crippen molar-refractivity contribution < 1.29 is 8.78 Å². The molecular formula is C13H9F2N3OS. The van der Waals surface area contributed by atoms with Gasteiger partial charge in [-0.15, -0.1) is 11.8 Å². The first-order valence-corrected chi connectivity index (χ1v) is 6.76. The highest BCUT2D eigenvalue weighted by Crippen LogP contribution is 2.25. The number of halogens is 2. The standard InChI is InChI=1S/C13H9F2N3OS/c14-9-2-1-3-10(13(9)15)20-7-8-6-12(19)18-11(17-8)4-5-16-18/h1-6,16H,7H2. The molecule has 0 fully saturated rings. The zero-order chi connectivity index (χ0) is 14.1. The van der Waals surface area contributed by atoms with Gasteiger partial charge in [0.1, 0.15) is 0 Å². The molecule has 0 saturated carbocycles. The van der Waals surface area contributed by atoms with Gasteiger partial charge in [-0.2, -0.15) is 0 Å². The summed E-state index contributed by atoms with van der Waals surface area (Å²) in [6.45, 7) is 0. The van der Waals surface area contributed by atoms with Crippen molar-refractivity contribution in [1.29, 1.82) is 0 Å². The van der Waals surface area contributed by atoms with Crippen LogP contribution in [0.5, 0.6) is 0 Å². The monoisotopic (exact) mass is 293 g/mol. The van der Waals surface area contributed by atoms with Crippen molar-refractivity contribution in [3.8, 4) is 0 Å². The van der Waals surface area contributed by atoms with Gasteiger partial charge in [-0.25, -0.2) is 18.3 Å². The number of nitrogens with zero attached hydrogens (tertiary/aromatic N) is 2. The molecule has 0 radical (unpaired) electrons. The van der Waals surface area contributed by atoms with Crippen molar-refractivity contribution in [3.63, 3.8) is 0 Å². The third kappa shape index (κ3) is 2.32. The van der Waals surface area contributed by atoms with Crippen LogP contribution >= 0.6 is 11.8 Å². The second-order valence-electron chi connectivity index (χ2n) is 4.08. The first-order chi connectivity index (χ1) is 9.65. The normalized spacial score (nSPS) is 11.1. The Labute approximate surface area is 116 Å². The first kappa shape index (κ1) is 12.9. The van der Waals surface area contributed by atoms with E-state index in [4.69, 9.17) is 0 Å². The Morgan fingerprint density at radius 1 is 1.30 bits per heavy atom. The van der Waals surface area contributed by atoms with Crippen LogP contribution in [0, 0.1) is 11.6 Å². The molecule has 0 amide bonds. The highest BCUT2D eigenvalue weighted by atomic mass is 32.2. The Bertz CT molecular complexity index is 828. The van der Waals surface area contributed by atoms with Crippen molar-refractivity contribution in [3.05, 3.63) is 64.2 Å². The van der Waals surface area contributed by atoms with Crippen LogP contribution in [0.1, 0.15) is 5.69 Å². The van der Waals surface area contributed by atoms with Crippen LogP contribution in [0.3, 0.4) is 0 Å². The molecule has 20 heavy (non-hydrogen) atoms. The predicted octanol–water partition coefficient (Wildman–Crippen LogP) is 2.59. The van der Waals surface area contributed by atoms with Gasteiger partial charge in [-0.05, 0) is 12.1 Å². The lowest BCUT2D eigenvalue weighted by molar-refractivity contribution is 0.491.